The Morgan fingerprint density at radius 2 is 2.15 bits per heavy atom. The molecule has 0 atom stereocenters. The van der Waals surface area contributed by atoms with Gasteiger partial charge in [0, 0.05) is 11.1 Å². The van der Waals surface area contributed by atoms with E-state index in [9.17, 15) is 14.9 Å². The highest BCUT2D eigenvalue weighted by Gasteiger charge is 2.16. The molecule has 132 valence electrons. The van der Waals surface area contributed by atoms with Crippen molar-refractivity contribution in [1.29, 1.82) is 0 Å². The number of carbonyl (C=O) groups is 1. The van der Waals surface area contributed by atoms with Gasteiger partial charge in [0.15, 0.2) is 11.5 Å². The number of halogens is 1. The monoisotopic (exact) mass is 389 g/mol. The topological polar surface area (TPSA) is 82.6 Å². The molecule has 0 bridgehead atoms. The molecule has 0 fully saturated rings. The maximum absolute atomic E-state index is 11.9. The van der Waals surface area contributed by atoms with Crippen molar-refractivity contribution in [2.24, 2.45) is 0 Å². The lowest BCUT2D eigenvalue weighted by atomic mass is 10.3. The Morgan fingerprint density at radius 1 is 1.31 bits per heavy atom. The Labute approximate surface area is 157 Å². The van der Waals surface area contributed by atoms with Crippen LogP contribution in [-0.4, -0.2) is 10.7 Å². The number of hydrogen-bond donors (Lipinski definition) is 0. The number of nitrogens with zero attached hydrogens (tertiary/aromatic N) is 1. The minimum absolute atomic E-state index is 0.00911. The summed E-state index contributed by atoms with van der Waals surface area (Å²) in [4.78, 5) is 23.0. The largest absolute Gasteiger partial charge is 0.479 e. The van der Waals surface area contributed by atoms with Crippen molar-refractivity contribution < 1.29 is 18.9 Å². The van der Waals surface area contributed by atoms with Gasteiger partial charge in [-0.05, 0) is 47.9 Å². The van der Waals surface area contributed by atoms with E-state index in [1.54, 1.807) is 24.3 Å². The van der Waals surface area contributed by atoms with E-state index >= 15 is 0 Å². The number of thiophene rings is 1. The number of ether oxygens (including phenoxy) is 1. The van der Waals surface area contributed by atoms with E-state index in [-0.39, 0.29) is 28.8 Å². The summed E-state index contributed by atoms with van der Waals surface area (Å²) in [7, 11) is 0. The number of allylic oxidation sites excluding steroid dienone is 1. The molecule has 0 radical (unpaired) electrons. The number of furan rings is 1. The summed E-state index contributed by atoms with van der Waals surface area (Å²) < 4.78 is 11.0. The second-order valence-corrected chi connectivity index (χ2v) is 6.52. The van der Waals surface area contributed by atoms with Crippen molar-refractivity contribution in [2.75, 3.05) is 0 Å². The van der Waals surface area contributed by atoms with Crippen LogP contribution in [-0.2, 0) is 6.61 Å². The van der Waals surface area contributed by atoms with Crippen LogP contribution in [0.3, 0.4) is 0 Å². The molecular formula is C18H12ClNO5S. The van der Waals surface area contributed by atoms with Gasteiger partial charge in [-0.2, -0.15) is 0 Å². The first kappa shape index (κ1) is 17.9. The number of rotatable bonds is 7. The Balaban J connectivity index is 1.64. The van der Waals surface area contributed by atoms with Crippen molar-refractivity contribution >= 4 is 40.5 Å². The molecule has 2 aromatic heterocycles. The second kappa shape index (κ2) is 7.99. The van der Waals surface area contributed by atoms with Crippen LogP contribution in [0, 0.1) is 10.1 Å². The fourth-order valence-electron chi connectivity index (χ4n) is 2.12. The number of nitro benzene ring substituents is 1. The Morgan fingerprint density at radius 3 is 2.88 bits per heavy atom. The maximum Gasteiger partial charge on any atom is 0.312 e. The SMILES string of the molecule is O=C(/C=C/c1ccc(COc2ccc(Cl)cc2[N+](=O)[O-])o1)c1cccs1. The average molecular weight is 390 g/mol. The van der Waals surface area contributed by atoms with Crippen LogP contribution in [0.1, 0.15) is 21.2 Å². The van der Waals surface area contributed by atoms with Gasteiger partial charge in [0.2, 0.25) is 0 Å². The molecule has 26 heavy (non-hydrogen) atoms. The Bertz CT molecular complexity index is 962. The van der Waals surface area contributed by atoms with Crippen LogP contribution in [0.25, 0.3) is 6.08 Å². The zero-order chi connectivity index (χ0) is 18.5. The molecule has 0 N–H and O–H groups in total. The molecule has 0 saturated carbocycles. The van der Waals surface area contributed by atoms with E-state index < -0.39 is 4.92 Å². The van der Waals surface area contributed by atoms with Crippen LogP contribution in [0.5, 0.6) is 5.75 Å². The van der Waals surface area contributed by atoms with Crippen LogP contribution in [0.15, 0.2) is 58.3 Å². The zero-order valence-electron chi connectivity index (χ0n) is 13.3. The van der Waals surface area contributed by atoms with Crippen molar-refractivity contribution in [3.8, 4) is 5.75 Å². The number of carbonyl (C=O) groups excluding carboxylic acids is 1. The van der Waals surface area contributed by atoms with Gasteiger partial charge in [0.25, 0.3) is 0 Å². The number of nitro groups is 1. The first-order chi connectivity index (χ1) is 12.5. The predicted molar refractivity (Wildman–Crippen MR) is 98.8 cm³/mol. The van der Waals surface area contributed by atoms with Gasteiger partial charge in [0.1, 0.15) is 18.1 Å². The molecule has 0 unspecified atom stereocenters. The quantitative estimate of drug-likeness (QED) is 0.234. The molecule has 2 heterocycles. The van der Waals surface area contributed by atoms with Crippen molar-refractivity contribution in [2.45, 2.75) is 6.61 Å². The van der Waals surface area contributed by atoms with Gasteiger partial charge < -0.3 is 9.15 Å². The molecule has 3 aromatic rings. The summed E-state index contributed by atoms with van der Waals surface area (Å²) in [6.07, 6.45) is 3.00. The normalized spacial score (nSPS) is 11.0. The number of hydrogen-bond acceptors (Lipinski definition) is 6. The highest BCUT2D eigenvalue weighted by molar-refractivity contribution is 7.12. The summed E-state index contributed by atoms with van der Waals surface area (Å²) >= 11 is 7.13. The van der Waals surface area contributed by atoms with E-state index in [1.807, 2.05) is 11.4 Å². The van der Waals surface area contributed by atoms with Crippen molar-refractivity contribution in [1.82, 2.24) is 0 Å². The third-order valence-electron chi connectivity index (χ3n) is 3.33. The van der Waals surface area contributed by atoms with Gasteiger partial charge in [-0.1, -0.05) is 17.7 Å². The van der Waals surface area contributed by atoms with Crippen LogP contribution >= 0.6 is 22.9 Å². The Kier molecular flexibility index (Phi) is 5.50. The Hall–Kier alpha value is -2.90. The molecule has 1 aromatic carbocycles. The lowest BCUT2D eigenvalue weighted by Gasteiger charge is -2.05. The lowest BCUT2D eigenvalue weighted by Crippen LogP contribution is -1.98. The van der Waals surface area contributed by atoms with Gasteiger partial charge in [-0.25, -0.2) is 0 Å². The van der Waals surface area contributed by atoms with E-state index in [1.165, 1.54) is 35.6 Å². The minimum atomic E-state index is -0.562. The lowest BCUT2D eigenvalue weighted by molar-refractivity contribution is -0.385. The molecular weight excluding hydrogens is 378 g/mol. The van der Waals surface area contributed by atoms with Crippen LogP contribution in [0.4, 0.5) is 5.69 Å². The van der Waals surface area contributed by atoms with E-state index in [0.717, 1.165) is 0 Å². The molecule has 0 saturated heterocycles. The van der Waals surface area contributed by atoms with Gasteiger partial charge in [0.05, 0.1) is 9.80 Å². The standard InChI is InChI=1S/C18H12ClNO5S/c19-12-3-8-17(15(10-12)20(22)23)24-11-14-5-4-13(25-14)6-7-16(21)18-2-1-9-26-18/h1-10H,11H2/b7-6+. The summed E-state index contributed by atoms with van der Waals surface area (Å²) in [5, 5.41) is 13.1. The highest BCUT2D eigenvalue weighted by Crippen LogP contribution is 2.30. The van der Waals surface area contributed by atoms with Gasteiger partial charge in [-0.15, -0.1) is 11.3 Å². The summed E-state index contributed by atoms with van der Waals surface area (Å²) in [5.41, 5.74) is -0.217. The van der Waals surface area contributed by atoms with Gasteiger partial charge in [-0.3, -0.25) is 14.9 Å². The smallest absolute Gasteiger partial charge is 0.312 e. The second-order valence-electron chi connectivity index (χ2n) is 5.14. The molecule has 3 rings (SSSR count). The first-order valence-electron chi connectivity index (χ1n) is 7.44. The predicted octanol–water partition coefficient (Wildman–Crippen LogP) is 5.38. The van der Waals surface area contributed by atoms with Gasteiger partial charge >= 0.3 is 5.69 Å². The van der Waals surface area contributed by atoms with Crippen molar-refractivity contribution in [3.05, 3.63) is 85.5 Å². The van der Waals surface area contributed by atoms with Crippen LogP contribution < -0.4 is 4.74 Å². The minimum Gasteiger partial charge on any atom is -0.479 e. The molecule has 6 nitrogen and oxygen atoms in total. The van der Waals surface area contributed by atoms with E-state index in [0.29, 0.717) is 16.4 Å². The molecule has 0 aliphatic carbocycles. The average Bonchev–Trinajstić information content (AvgIpc) is 3.30. The molecule has 0 amide bonds. The third-order valence-corrected chi connectivity index (χ3v) is 4.45. The molecule has 8 heteroatoms. The van der Waals surface area contributed by atoms with Crippen LogP contribution in [0.2, 0.25) is 5.02 Å². The summed E-state index contributed by atoms with van der Waals surface area (Å²) in [6, 6.07) is 11.1. The van der Waals surface area contributed by atoms with Crippen molar-refractivity contribution in [3.63, 3.8) is 0 Å². The highest BCUT2D eigenvalue weighted by atomic mass is 35.5. The summed E-state index contributed by atoms with van der Waals surface area (Å²) in [6.45, 7) is 0.00911. The van der Waals surface area contributed by atoms with E-state index in [4.69, 9.17) is 20.8 Å². The maximum atomic E-state index is 11.9. The summed E-state index contributed by atoms with van der Waals surface area (Å²) in [5.74, 6) is 0.948. The molecule has 0 aliphatic rings. The zero-order valence-corrected chi connectivity index (χ0v) is 14.8. The first-order valence-corrected chi connectivity index (χ1v) is 8.70. The molecule has 0 aliphatic heterocycles. The fraction of sp³-hybridized carbons (Fsp3) is 0.0556. The molecule has 0 spiro atoms. The number of benzene rings is 1. The van der Waals surface area contributed by atoms with E-state index in [2.05, 4.69) is 0 Å². The third kappa shape index (κ3) is 4.38. The fourth-order valence-corrected chi connectivity index (χ4v) is 2.94. The number of ketones is 1.